The van der Waals surface area contributed by atoms with Gasteiger partial charge in [0.1, 0.15) is 12.4 Å². The van der Waals surface area contributed by atoms with E-state index in [9.17, 15) is 4.79 Å². The first-order valence-corrected chi connectivity index (χ1v) is 6.72. The topological polar surface area (TPSA) is 72.6 Å². The standard InChI is InChI=1S/C12H10BrNO3S/c13-8-4-9(18-6-8)5-17-11-2-1-7(12(15)16)3-10(11)14/h1-4,6H,5,14H2,(H,15,16). The lowest BCUT2D eigenvalue weighted by Crippen LogP contribution is -2.01. The highest BCUT2D eigenvalue weighted by molar-refractivity contribution is 9.10. The van der Waals surface area contributed by atoms with Gasteiger partial charge in [-0.05, 0) is 40.2 Å². The van der Waals surface area contributed by atoms with Gasteiger partial charge in [-0.15, -0.1) is 11.3 Å². The van der Waals surface area contributed by atoms with E-state index in [4.69, 9.17) is 15.6 Å². The van der Waals surface area contributed by atoms with Crippen molar-refractivity contribution in [1.29, 1.82) is 0 Å². The van der Waals surface area contributed by atoms with Crippen LogP contribution in [0.15, 0.2) is 34.1 Å². The van der Waals surface area contributed by atoms with Gasteiger partial charge in [0.05, 0.1) is 11.3 Å². The van der Waals surface area contributed by atoms with Gasteiger partial charge in [0.25, 0.3) is 0 Å². The van der Waals surface area contributed by atoms with Crippen molar-refractivity contribution in [1.82, 2.24) is 0 Å². The van der Waals surface area contributed by atoms with E-state index in [1.807, 2.05) is 11.4 Å². The van der Waals surface area contributed by atoms with Gasteiger partial charge in [0, 0.05) is 14.7 Å². The van der Waals surface area contributed by atoms with Gasteiger partial charge in [-0.2, -0.15) is 0 Å². The largest absolute Gasteiger partial charge is 0.486 e. The highest BCUT2D eigenvalue weighted by Crippen LogP contribution is 2.26. The molecule has 0 unspecified atom stereocenters. The summed E-state index contributed by atoms with van der Waals surface area (Å²) in [5, 5.41) is 10.8. The van der Waals surface area contributed by atoms with Crippen LogP contribution in [0.2, 0.25) is 0 Å². The predicted molar refractivity (Wildman–Crippen MR) is 74.2 cm³/mol. The number of ether oxygens (including phenoxy) is 1. The molecule has 4 nitrogen and oxygen atoms in total. The molecule has 0 radical (unpaired) electrons. The van der Waals surface area contributed by atoms with Gasteiger partial charge in [0.15, 0.2) is 0 Å². The lowest BCUT2D eigenvalue weighted by Gasteiger charge is -2.08. The van der Waals surface area contributed by atoms with E-state index in [1.165, 1.54) is 12.1 Å². The minimum atomic E-state index is -1.00. The fourth-order valence-corrected chi connectivity index (χ4v) is 2.75. The van der Waals surface area contributed by atoms with E-state index in [1.54, 1.807) is 17.4 Å². The number of nitrogens with two attached hydrogens (primary N) is 1. The number of anilines is 1. The Labute approximate surface area is 116 Å². The van der Waals surface area contributed by atoms with Gasteiger partial charge in [-0.1, -0.05) is 0 Å². The molecule has 1 aromatic heterocycles. The molecule has 6 heteroatoms. The lowest BCUT2D eigenvalue weighted by atomic mass is 10.2. The van der Waals surface area contributed by atoms with E-state index in [-0.39, 0.29) is 5.56 Å². The van der Waals surface area contributed by atoms with Crippen molar-refractivity contribution in [3.8, 4) is 5.75 Å². The maximum Gasteiger partial charge on any atom is 0.335 e. The van der Waals surface area contributed by atoms with Crippen molar-refractivity contribution in [2.24, 2.45) is 0 Å². The number of carboxylic acids is 1. The average molecular weight is 328 g/mol. The first-order valence-electron chi connectivity index (χ1n) is 5.05. The number of aromatic carboxylic acids is 1. The fraction of sp³-hybridized carbons (Fsp3) is 0.0833. The number of hydrogen-bond donors (Lipinski definition) is 2. The van der Waals surface area contributed by atoms with Crippen LogP contribution < -0.4 is 10.5 Å². The van der Waals surface area contributed by atoms with Gasteiger partial charge < -0.3 is 15.6 Å². The number of halogens is 1. The normalized spacial score (nSPS) is 10.3. The van der Waals surface area contributed by atoms with Crippen LogP contribution in [0.4, 0.5) is 5.69 Å². The summed E-state index contributed by atoms with van der Waals surface area (Å²) in [7, 11) is 0. The van der Waals surface area contributed by atoms with Crippen LogP contribution >= 0.6 is 27.3 Å². The molecule has 2 aromatic rings. The zero-order valence-corrected chi connectivity index (χ0v) is 11.6. The second-order valence-electron chi connectivity index (χ2n) is 3.58. The number of nitrogen functional groups attached to an aromatic ring is 1. The van der Waals surface area contributed by atoms with Crippen LogP contribution in [0.1, 0.15) is 15.2 Å². The smallest absolute Gasteiger partial charge is 0.335 e. The molecule has 2 rings (SSSR count). The highest BCUT2D eigenvalue weighted by atomic mass is 79.9. The summed E-state index contributed by atoms with van der Waals surface area (Å²) < 4.78 is 6.56. The van der Waals surface area contributed by atoms with Crippen molar-refractivity contribution in [2.75, 3.05) is 5.73 Å². The summed E-state index contributed by atoms with van der Waals surface area (Å²) in [6, 6.07) is 6.40. The molecule has 94 valence electrons. The van der Waals surface area contributed by atoms with Crippen molar-refractivity contribution in [3.63, 3.8) is 0 Å². The number of hydrogen-bond acceptors (Lipinski definition) is 4. The summed E-state index contributed by atoms with van der Waals surface area (Å²) >= 11 is 4.94. The maximum atomic E-state index is 10.7. The number of carbonyl (C=O) groups is 1. The summed E-state index contributed by atoms with van der Waals surface area (Å²) in [4.78, 5) is 11.8. The average Bonchev–Trinajstić information content (AvgIpc) is 2.73. The van der Waals surface area contributed by atoms with E-state index in [0.717, 1.165) is 9.35 Å². The first kappa shape index (κ1) is 12.9. The zero-order valence-electron chi connectivity index (χ0n) is 9.22. The molecule has 0 aliphatic carbocycles. The molecule has 0 aliphatic heterocycles. The molecule has 0 saturated carbocycles. The SMILES string of the molecule is Nc1cc(C(=O)O)ccc1OCc1cc(Br)cs1. The Balaban J connectivity index is 2.08. The zero-order chi connectivity index (χ0) is 13.1. The summed E-state index contributed by atoms with van der Waals surface area (Å²) in [6.45, 7) is 0.410. The highest BCUT2D eigenvalue weighted by Gasteiger charge is 2.07. The molecule has 1 heterocycles. The third kappa shape index (κ3) is 3.02. The van der Waals surface area contributed by atoms with Crippen LogP contribution in [0, 0.1) is 0 Å². The molecular formula is C12H10BrNO3S. The summed E-state index contributed by atoms with van der Waals surface area (Å²) in [5.41, 5.74) is 6.21. The van der Waals surface area contributed by atoms with E-state index >= 15 is 0 Å². The molecule has 18 heavy (non-hydrogen) atoms. The number of benzene rings is 1. The Hall–Kier alpha value is -1.53. The van der Waals surface area contributed by atoms with E-state index < -0.39 is 5.97 Å². The van der Waals surface area contributed by atoms with Crippen LogP contribution in [-0.2, 0) is 6.61 Å². The Morgan fingerprint density at radius 1 is 1.44 bits per heavy atom. The third-order valence-corrected chi connectivity index (χ3v) is 3.92. The molecule has 0 atom stereocenters. The second kappa shape index (κ2) is 5.41. The van der Waals surface area contributed by atoms with Crippen LogP contribution in [0.25, 0.3) is 0 Å². The molecule has 0 aliphatic rings. The second-order valence-corrected chi connectivity index (χ2v) is 5.49. The Morgan fingerprint density at radius 2 is 2.22 bits per heavy atom. The van der Waals surface area contributed by atoms with Crippen LogP contribution in [0.5, 0.6) is 5.75 Å². The molecule has 0 fully saturated rings. The molecule has 0 amide bonds. The Bertz CT molecular complexity index is 582. The first-order chi connectivity index (χ1) is 8.56. The van der Waals surface area contributed by atoms with Gasteiger partial charge >= 0.3 is 5.97 Å². The Morgan fingerprint density at radius 3 is 2.78 bits per heavy atom. The van der Waals surface area contributed by atoms with Crippen molar-refractivity contribution >= 4 is 38.9 Å². The van der Waals surface area contributed by atoms with Crippen molar-refractivity contribution in [2.45, 2.75) is 6.61 Å². The predicted octanol–water partition coefficient (Wildman–Crippen LogP) is 3.37. The fourth-order valence-electron chi connectivity index (χ4n) is 1.39. The third-order valence-electron chi connectivity index (χ3n) is 2.25. The number of rotatable bonds is 4. The monoisotopic (exact) mass is 327 g/mol. The van der Waals surface area contributed by atoms with Crippen molar-refractivity contribution < 1.29 is 14.6 Å². The van der Waals surface area contributed by atoms with E-state index in [2.05, 4.69) is 15.9 Å². The molecular weight excluding hydrogens is 318 g/mol. The number of carboxylic acid groups (broad SMARTS) is 1. The van der Waals surface area contributed by atoms with Gasteiger partial charge in [-0.3, -0.25) is 0 Å². The van der Waals surface area contributed by atoms with Gasteiger partial charge in [-0.25, -0.2) is 4.79 Å². The van der Waals surface area contributed by atoms with E-state index in [0.29, 0.717) is 18.0 Å². The molecule has 0 bridgehead atoms. The van der Waals surface area contributed by atoms with Crippen LogP contribution in [-0.4, -0.2) is 11.1 Å². The molecule has 3 N–H and O–H groups in total. The summed E-state index contributed by atoms with van der Waals surface area (Å²) in [5.74, 6) is -0.514. The Kier molecular flexibility index (Phi) is 3.88. The molecule has 0 spiro atoms. The minimum absolute atomic E-state index is 0.152. The summed E-state index contributed by atoms with van der Waals surface area (Å²) in [6.07, 6.45) is 0. The minimum Gasteiger partial charge on any atom is -0.486 e. The van der Waals surface area contributed by atoms with Crippen LogP contribution in [0.3, 0.4) is 0 Å². The molecule has 1 aromatic carbocycles. The van der Waals surface area contributed by atoms with Gasteiger partial charge in [0.2, 0.25) is 0 Å². The lowest BCUT2D eigenvalue weighted by molar-refractivity contribution is 0.0697. The quantitative estimate of drug-likeness (QED) is 0.844. The maximum absolute atomic E-state index is 10.7. The van der Waals surface area contributed by atoms with Crippen molar-refractivity contribution in [3.05, 3.63) is 44.6 Å². The number of thiophene rings is 1. The molecule has 0 saturated heterocycles.